The Morgan fingerprint density at radius 2 is 0.891 bits per heavy atom. The van der Waals surface area contributed by atoms with E-state index in [1.165, 1.54) is 38.5 Å². The molecule has 10 aliphatic rings. The number of nitrogens with zero attached hydrogens (tertiary/aromatic N) is 6. The van der Waals surface area contributed by atoms with E-state index in [0.717, 1.165) is 119 Å². The van der Waals surface area contributed by atoms with E-state index in [-0.39, 0.29) is 36.5 Å². The van der Waals surface area contributed by atoms with E-state index >= 15 is 0 Å². The number of thiazole rings is 2. The van der Waals surface area contributed by atoms with Crippen LogP contribution in [0, 0.1) is 49.4 Å². The number of rotatable bonds is 16. The van der Waals surface area contributed by atoms with Crippen LogP contribution >= 0.6 is 22.7 Å². The molecule has 6 aromatic rings. The number of ether oxygens (including phenoxy) is 4. The number of sulfonamides is 2. The lowest BCUT2D eigenvalue weighted by Crippen LogP contribution is -2.54. The van der Waals surface area contributed by atoms with Gasteiger partial charge in [0.25, 0.3) is 11.8 Å². The van der Waals surface area contributed by atoms with Gasteiger partial charge in [0.2, 0.25) is 43.7 Å². The van der Waals surface area contributed by atoms with Crippen LogP contribution in [0.4, 0.5) is 0 Å². The highest BCUT2D eigenvalue weighted by atomic mass is 32.2. The zero-order valence-electron chi connectivity index (χ0n) is 63.7. The van der Waals surface area contributed by atoms with Crippen molar-refractivity contribution in [1.29, 1.82) is 0 Å². The molecule has 8 aliphatic carbocycles. The summed E-state index contributed by atoms with van der Waals surface area (Å²) in [7, 11) is -0.843. The molecule has 0 bridgehead atoms. The van der Waals surface area contributed by atoms with E-state index in [0.29, 0.717) is 111 Å². The molecule has 16 rings (SSSR count). The highest BCUT2D eigenvalue weighted by Gasteiger charge is 2.64. The number of hydrogen-bond acceptors (Lipinski definition) is 20. The summed E-state index contributed by atoms with van der Waals surface area (Å²) >= 11 is 3.35. The van der Waals surface area contributed by atoms with Crippen LogP contribution in [0.15, 0.2) is 71.5 Å². The number of carbonyl (C=O) groups is 6. The molecule has 6 heterocycles. The number of fused-ring (bicyclic) bond motifs is 6. The molecule has 588 valence electrons. The molecule has 110 heavy (non-hydrogen) atoms. The second-order valence-electron chi connectivity index (χ2n) is 32.5. The Labute approximate surface area is 652 Å². The minimum absolute atomic E-state index is 0.139. The first-order chi connectivity index (χ1) is 52.9. The molecular weight excluding hydrogens is 1480 g/mol. The largest absolute Gasteiger partial charge is 0.496 e. The standard InChI is InChI=1S/2C41H51N5O7S2/c2*1-24-34(52-3)17-16-29-35(21-32(42-36(24)29)33-23-54-38(43-33)25-11-7-6-8-12-25)53-27-19-30-31(20-27)39(48)46(2)18-10-5-4-9-13-26-22-41(26,44-37(30)47)40(49)45-55(50,51)28-14-15-28/h2*9,13,16-17,21,23,25-28,30-31H,4-8,10-12,14-15,18-20,22H2,1-3H3,(H,44,47)(H,45,49)/b2*13-9-/t26-,27+,30+,31+,41?;26-,27-,30-,31-,41?/m01/s1. The Hall–Kier alpha value is -8.08. The van der Waals surface area contributed by atoms with Crippen LogP contribution in [-0.4, -0.2) is 157 Å². The summed E-state index contributed by atoms with van der Waals surface area (Å²) < 4.78 is 80.8. The van der Waals surface area contributed by atoms with Crippen LogP contribution < -0.4 is 39.0 Å². The number of amides is 6. The average Bonchev–Trinajstić information content (AvgIpc) is 1.54. The van der Waals surface area contributed by atoms with E-state index in [2.05, 4.69) is 30.8 Å². The Balaban J connectivity index is 0.000000175. The molecule has 10 atom stereocenters. The van der Waals surface area contributed by atoms with Crippen LogP contribution in [-0.2, 0) is 48.8 Å². The third-order valence-corrected chi connectivity index (χ3v) is 30.4. The molecule has 28 heteroatoms. The molecular formula is C82H102N10O14S4. The first-order valence-electron chi connectivity index (χ1n) is 39.8. The molecule has 24 nitrogen and oxygen atoms in total. The van der Waals surface area contributed by atoms with Gasteiger partial charge >= 0.3 is 0 Å². The number of aromatic nitrogens is 4. The predicted octanol–water partition coefficient (Wildman–Crippen LogP) is 12.4. The number of allylic oxidation sites excluding steroid dienone is 2. The number of methoxy groups -OCH3 is 2. The summed E-state index contributed by atoms with van der Waals surface area (Å²) in [4.78, 5) is 108. The van der Waals surface area contributed by atoms with Crippen molar-refractivity contribution in [2.75, 3.05) is 41.4 Å². The van der Waals surface area contributed by atoms with Crippen molar-refractivity contribution >= 4 is 100.0 Å². The second kappa shape index (κ2) is 31.8. The maximum absolute atomic E-state index is 14.4. The number of aryl methyl sites for hydroxylation is 2. The van der Waals surface area contributed by atoms with Crippen molar-refractivity contribution in [3.63, 3.8) is 0 Å². The fourth-order valence-electron chi connectivity index (χ4n) is 17.7. The van der Waals surface area contributed by atoms with Gasteiger partial charge in [-0.3, -0.25) is 38.2 Å². The third-order valence-electron chi connectivity index (χ3n) is 24.8. The minimum atomic E-state index is -3.83. The van der Waals surface area contributed by atoms with Crippen LogP contribution in [0.2, 0.25) is 0 Å². The maximum atomic E-state index is 14.4. The van der Waals surface area contributed by atoms with Crippen LogP contribution in [0.25, 0.3) is 44.6 Å². The first-order valence-corrected chi connectivity index (χ1v) is 44.6. The van der Waals surface area contributed by atoms with Crippen LogP contribution in [0.1, 0.15) is 200 Å². The molecule has 6 amide bonds. The summed E-state index contributed by atoms with van der Waals surface area (Å²) in [6.07, 6.45) is 27.4. The number of carbonyl (C=O) groups excluding carboxylic acids is 6. The van der Waals surface area contributed by atoms with E-state index in [9.17, 15) is 45.6 Å². The summed E-state index contributed by atoms with van der Waals surface area (Å²) in [5.41, 5.74) is 3.34. The molecule has 4 aromatic heterocycles. The SMILES string of the molecule is COc1ccc2c(O[C@@H]3C[C@H]4C(=O)NC5(C(=O)NS(=O)(=O)C6CC6)C[C@@H]5/C=C\CCCCN(C)C(=O)[C@@H]4C3)cc(-c3csc(C4CCCCC4)n3)nc2c1C.COc1ccc2c(O[C@@H]3C[C@H]4C(=O)NC5(C(=O)NS(=O)(=O)C6CC6)C[C@H]5/C=C\CCCCN(C)C(=O)[C@@H]4C3)cc(-c3csc(C4CCCCC4)n3)nc2c1C. The summed E-state index contributed by atoms with van der Waals surface area (Å²) in [6, 6.07) is 11.5. The quantitative estimate of drug-likeness (QED) is 0.0654. The number of hydrogen-bond donors (Lipinski definition) is 4. The van der Waals surface area contributed by atoms with Crippen molar-refractivity contribution in [1.82, 2.24) is 49.8 Å². The van der Waals surface area contributed by atoms with Gasteiger partial charge in [0.05, 0.1) is 92.2 Å². The number of pyridine rings is 2. The van der Waals surface area contributed by atoms with Crippen LogP contribution in [0.5, 0.6) is 23.0 Å². The summed E-state index contributed by atoms with van der Waals surface area (Å²) in [6.45, 7) is 5.06. The van der Waals surface area contributed by atoms with Gasteiger partial charge in [-0.15, -0.1) is 22.7 Å². The third kappa shape index (κ3) is 16.2. The van der Waals surface area contributed by atoms with Gasteiger partial charge in [-0.25, -0.2) is 36.8 Å². The topological polar surface area (TPSA) is 314 Å². The lowest BCUT2D eigenvalue weighted by Gasteiger charge is -2.26. The van der Waals surface area contributed by atoms with Gasteiger partial charge in [0.1, 0.15) is 46.3 Å². The van der Waals surface area contributed by atoms with Crippen molar-refractivity contribution in [3.05, 3.63) is 92.6 Å². The summed E-state index contributed by atoms with van der Waals surface area (Å²) in [5, 5.41) is 12.8. The average molecular weight is 1580 g/mol. The zero-order chi connectivity index (χ0) is 77.0. The molecule has 0 saturated heterocycles. The molecule has 8 saturated carbocycles. The second-order valence-corrected chi connectivity index (χ2v) is 38.2. The van der Waals surface area contributed by atoms with Gasteiger partial charge < -0.3 is 39.4 Å². The normalized spacial score (nSPS) is 28.5. The highest BCUT2D eigenvalue weighted by molar-refractivity contribution is 7.91. The van der Waals surface area contributed by atoms with Gasteiger partial charge in [-0.05, 0) is 167 Å². The Bertz CT molecular complexity index is 4550. The lowest BCUT2D eigenvalue weighted by atomic mass is 9.90. The maximum Gasteiger partial charge on any atom is 0.259 e. The molecule has 0 spiro atoms. The fourth-order valence-corrected chi connectivity index (χ4v) is 22.4. The minimum Gasteiger partial charge on any atom is -0.496 e. The Morgan fingerprint density at radius 1 is 0.500 bits per heavy atom. The molecule has 0 radical (unpaired) electrons. The van der Waals surface area contributed by atoms with Gasteiger partial charge in [0.15, 0.2) is 0 Å². The predicted molar refractivity (Wildman–Crippen MR) is 421 cm³/mol. The van der Waals surface area contributed by atoms with Crippen molar-refractivity contribution < 1.29 is 64.6 Å². The van der Waals surface area contributed by atoms with Gasteiger partial charge in [-0.1, -0.05) is 62.8 Å². The van der Waals surface area contributed by atoms with Crippen molar-refractivity contribution in [2.24, 2.45) is 35.5 Å². The van der Waals surface area contributed by atoms with E-state index in [1.54, 1.807) is 60.8 Å². The van der Waals surface area contributed by atoms with Gasteiger partial charge in [0, 0.05) is 95.6 Å². The van der Waals surface area contributed by atoms with Crippen LogP contribution in [0.3, 0.4) is 0 Å². The fraction of sp³-hybridized carbons (Fsp3) is 0.585. The molecule has 4 N–H and O–H groups in total. The van der Waals surface area contributed by atoms with Crippen molar-refractivity contribution in [2.45, 2.75) is 226 Å². The molecule has 8 fully saturated rings. The monoisotopic (exact) mass is 1580 g/mol. The molecule has 2 unspecified atom stereocenters. The summed E-state index contributed by atoms with van der Waals surface area (Å²) in [5.74, 6) is -2.71. The lowest BCUT2D eigenvalue weighted by molar-refractivity contribution is -0.141. The number of nitrogens with one attached hydrogen (secondary N) is 4. The number of benzene rings is 2. The highest BCUT2D eigenvalue weighted by Crippen LogP contribution is 2.51. The van der Waals surface area contributed by atoms with E-state index < -0.39 is 101 Å². The van der Waals surface area contributed by atoms with Crippen molar-refractivity contribution in [3.8, 4) is 45.8 Å². The first kappa shape index (κ1) is 77.2. The smallest absolute Gasteiger partial charge is 0.259 e. The Kier molecular flexibility index (Phi) is 22.4. The van der Waals surface area contributed by atoms with Gasteiger partial charge in [-0.2, -0.15) is 0 Å². The molecule has 2 aliphatic heterocycles. The van der Waals surface area contributed by atoms with E-state index in [4.69, 9.17) is 38.9 Å². The Morgan fingerprint density at radius 3 is 1.27 bits per heavy atom. The molecule has 2 aromatic carbocycles. The van der Waals surface area contributed by atoms with E-state index in [1.807, 2.05) is 74.5 Å². The zero-order valence-corrected chi connectivity index (χ0v) is 67.0.